The van der Waals surface area contributed by atoms with Crippen molar-refractivity contribution >= 4 is 0 Å². The molecule has 4 aliphatic rings. The smallest absolute Gasteiger partial charge is 0.160 e. The molecular formula is C19H32O2. The molecule has 0 aromatic heterocycles. The molecule has 0 aromatic carbocycles. The molecule has 1 aliphatic heterocycles. The highest BCUT2D eigenvalue weighted by molar-refractivity contribution is 5.04. The minimum Gasteiger partial charge on any atom is -0.352 e. The monoisotopic (exact) mass is 292 g/mol. The van der Waals surface area contributed by atoms with Crippen molar-refractivity contribution in [3.05, 3.63) is 0 Å². The average molecular weight is 292 g/mol. The van der Waals surface area contributed by atoms with Crippen LogP contribution in [0, 0.1) is 40.9 Å². The standard InChI is InChI=1S/C19H32O2/c1-4-12(2)19(3)10-20-18(21-11-19)17-9-13-8-16(17)15-7-5-6-14(13)15/h12-18H,4-11H2,1-3H3. The van der Waals surface area contributed by atoms with Gasteiger partial charge in [0.25, 0.3) is 0 Å². The first-order valence-corrected chi connectivity index (χ1v) is 9.35. The molecule has 2 nitrogen and oxygen atoms in total. The van der Waals surface area contributed by atoms with Gasteiger partial charge in [-0.1, -0.05) is 33.6 Å². The average Bonchev–Trinajstić information content (AvgIpc) is 3.19. The maximum absolute atomic E-state index is 6.28. The van der Waals surface area contributed by atoms with Gasteiger partial charge in [-0.15, -0.1) is 0 Å². The first-order chi connectivity index (χ1) is 10.1. The van der Waals surface area contributed by atoms with E-state index in [-0.39, 0.29) is 11.7 Å². The Morgan fingerprint density at radius 1 is 1.00 bits per heavy atom. The van der Waals surface area contributed by atoms with Crippen LogP contribution in [-0.2, 0) is 9.47 Å². The maximum atomic E-state index is 6.28. The highest BCUT2D eigenvalue weighted by atomic mass is 16.7. The molecule has 6 unspecified atom stereocenters. The van der Waals surface area contributed by atoms with E-state index < -0.39 is 0 Å². The third-order valence-electron chi connectivity index (χ3n) is 7.79. The molecule has 3 saturated carbocycles. The van der Waals surface area contributed by atoms with Crippen LogP contribution in [0.4, 0.5) is 0 Å². The van der Waals surface area contributed by atoms with Gasteiger partial charge >= 0.3 is 0 Å². The van der Waals surface area contributed by atoms with Crippen molar-refractivity contribution in [1.82, 2.24) is 0 Å². The van der Waals surface area contributed by atoms with Gasteiger partial charge in [0.05, 0.1) is 13.2 Å². The molecule has 120 valence electrons. The summed E-state index contributed by atoms with van der Waals surface area (Å²) in [7, 11) is 0. The highest BCUT2D eigenvalue weighted by Gasteiger charge is 2.56. The maximum Gasteiger partial charge on any atom is 0.160 e. The highest BCUT2D eigenvalue weighted by Crippen LogP contribution is 2.62. The Labute approximate surface area is 130 Å². The van der Waals surface area contributed by atoms with E-state index in [1.807, 2.05) is 0 Å². The van der Waals surface area contributed by atoms with Crippen LogP contribution in [0.25, 0.3) is 0 Å². The first-order valence-electron chi connectivity index (χ1n) is 9.35. The summed E-state index contributed by atoms with van der Waals surface area (Å²) in [6, 6.07) is 0. The number of rotatable bonds is 3. The summed E-state index contributed by atoms with van der Waals surface area (Å²) in [4.78, 5) is 0. The molecule has 4 rings (SSSR count). The second kappa shape index (κ2) is 5.23. The van der Waals surface area contributed by atoms with E-state index in [1.54, 1.807) is 0 Å². The predicted octanol–water partition coefficient (Wildman–Crippen LogP) is 4.48. The predicted molar refractivity (Wildman–Crippen MR) is 83.8 cm³/mol. The fourth-order valence-electron chi connectivity index (χ4n) is 6.09. The molecule has 0 amide bonds. The summed E-state index contributed by atoms with van der Waals surface area (Å²) in [6.07, 6.45) is 8.66. The van der Waals surface area contributed by atoms with Gasteiger partial charge in [-0.25, -0.2) is 0 Å². The van der Waals surface area contributed by atoms with Crippen molar-refractivity contribution in [2.45, 2.75) is 65.6 Å². The van der Waals surface area contributed by atoms with Crippen molar-refractivity contribution in [3.8, 4) is 0 Å². The SMILES string of the molecule is CCC(C)C1(C)COC(C2CC3CC2C2CCCC32)OC1. The van der Waals surface area contributed by atoms with Crippen molar-refractivity contribution in [1.29, 1.82) is 0 Å². The second-order valence-corrected chi connectivity index (χ2v) is 8.77. The Hall–Kier alpha value is -0.0800. The van der Waals surface area contributed by atoms with Gasteiger partial charge in [0.1, 0.15) is 0 Å². The summed E-state index contributed by atoms with van der Waals surface area (Å²) in [5.74, 6) is 5.39. The molecule has 3 aliphatic carbocycles. The number of ether oxygens (including phenoxy) is 2. The molecule has 1 heterocycles. The van der Waals surface area contributed by atoms with E-state index >= 15 is 0 Å². The molecule has 0 radical (unpaired) electrons. The lowest BCUT2D eigenvalue weighted by molar-refractivity contribution is -0.263. The Kier molecular flexibility index (Phi) is 3.61. The lowest BCUT2D eigenvalue weighted by Crippen LogP contribution is -2.47. The molecule has 0 aromatic rings. The van der Waals surface area contributed by atoms with Crippen molar-refractivity contribution < 1.29 is 9.47 Å². The normalized spacial score (nSPS) is 53.9. The van der Waals surface area contributed by atoms with Crippen LogP contribution in [-0.4, -0.2) is 19.5 Å². The van der Waals surface area contributed by atoms with Crippen molar-refractivity contribution in [2.24, 2.45) is 40.9 Å². The summed E-state index contributed by atoms with van der Waals surface area (Å²) < 4.78 is 12.6. The topological polar surface area (TPSA) is 18.5 Å². The molecule has 4 fully saturated rings. The van der Waals surface area contributed by atoms with Gasteiger partial charge in [0.15, 0.2) is 6.29 Å². The van der Waals surface area contributed by atoms with Gasteiger partial charge in [-0.3, -0.25) is 0 Å². The number of hydrogen-bond donors (Lipinski definition) is 0. The van der Waals surface area contributed by atoms with Gasteiger partial charge < -0.3 is 9.47 Å². The van der Waals surface area contributed by atoms with E-state index in [0.717, 1.165) is 36.9 Å². The van der Waals surface area contributed by atoms with Gasteiger partial charge in [0.2, 0.25) is 0 Å². The lowest BCUT2D eigenvalue weighted by atomic mass is 9.74. The minimum atomic E-state index is 0.110. The molecule has 21 heavy (non-hydrogen) atoms. The Bertz CT molecular complexity index is 385. The third kappa shape index (κ3) is 2.20. The van der Waals surface area contributed by atoms with Crippen LogP contribution in [0.3, 0.4) is 0 Å². The van der Waals surface area contributed by atoms with Crippen molar-refractivity contribution in [2.75, 3.05) is 13.2 Å². The van der Waals surface area contributed by atoms with Crippen LogP contribution in [0.2, 0.25) is 0 Å². The van der Waals surface area contributed by atoms with E-state index in [9.17, 15) is 0 Å². The largest absolute Gasteiger partial charge is 0.352 e. The molecular weight excluding hydrogens is 260 g/mol. The molecule has 2 bridgehead atoms. The zero-order valence-electron chi connectivity index (χ0n) is 14.0. The number of hydrogen-bond acceptors (Lipinski definition) is 2. The van der Waals surface area contributed by atoms with E-state index in [0.29, 0.717) is 11.8 Å². The summed E-state index contributed by atoms with van der Waals surface area (Å²) >= 11 is 0. The lowest BCUT2D eigenvalue weighted by Gasteiger charge is -2.45. The summed E-state index contributed by atoms with van der Waals surface area (Å²) in [5, 5.41) is 0. The first kappa shape index (κ1) is 14.5. The van der Waals surface area contributed by atoms with Gasteiger partial charge in [-0.05, 0) is 55.3 Å². The zero-order valence-corrected chi connectivity index (χ0v) is 14.0. The quantitative estimate of drug-likeness (QED) is 0.763. The fourth-order valence-corrected chi connectivity index (χ4v) is 6.09. The van der Waals surface area contributed by atoms with Crippen molar-refractivity contribution in [3.63, 3.8) is 0 Å². The summed E-state index contributed by atoms with van der Waals surface area (Å²) in [5.41, 5.74) is 0.221. The van der Waals surface area contributed by atoms with Crippen LogP contribution in [0.15, 0.2) is 0 Å². The molecule has 1 saturated heterocycles. The Balaban J connectivity index is 1.39. The molecule has 6 atom stereocenters. The molecule has 0 N–H and O–H groups in total. The van der Waals surface area contributed by atoms with Crippen LogP contribution in [0.5, 0.6) is 0 Å². The van der Waals surface area contributed by atoms with Gasteiger partial charge in [-0.2, -0.15) is 0 Å². The van der Waals surface area contributed by atoms with Crippen LogP contribution >= 0.6 is 0 Å². The van der Waals surface area contributed by atoms with Gasteiger partial charge in [0, 0.05) is 11.3 Å². The van der Waals surface area contributed by atoms with E-state index in [1.165, 1.54) is 38.5 Å². The Morgan fingerprint density at radius 3 is 2.38 bits per heavy atom. The Morgan fingerprint density at radius 2 is 1.67 bits per heavy atom. The van der Waals surface area contributed by atoms with E-state index in [2.05, 4.69) is 20.8 Å². The van der Waals surface area contributed by atoms with E-state index in [4.69, 9.17) is 9.47 Å². The molecule has 2 heteroatoms. The van der Waals surface area contributed by atoms with Crippen LogP contribution < -0.4 is 0 Å². The fraction of sp³-hybridized carbons (Fsp3) is 1.00. The number of fused-ring (bicyclic) bond motifs is 5. The molecule has 0 spiro atoms. The summed E-state index contributed by atoms with van der Waals surface area (Å²) in [6.45, 7) is 8.75. The van der Waals surface area contributed by atoms with Crippen LogP contribution in [0.1, 0.15) is 59.3 Å². The minimum absolute atomic E-state index is 0.110. The second-order valence-electron chi connectivity index (χ2n) is 8.77. The third-order valence-corrected chi connectivity index (χ3v) is 7.79. The zero-order chi connectivity index (χ0) is 14.6.